The Morgan fingerprint density at radius 3 is 2.95 bits per heavy atom. The van der Waals surface area contributed by atoms with Crippen LogP contribution in [0, 0.1) is 6.92 Å². The number of amides is 1. The molecule has 1 amide bonds. The Morgan fingerprint density at radius 1 is 1.43 bits per heavy atom. The van der Waals surface area contributed by atoms with Gasteiger partial charge in [-0.1, -0.05) is 29.1 Å². The molecule has 1 unspecified atom stereocenters. The van der Waals surface area contributed by atoms with Gasteiger partial charge in [0.25, 0.3) is 0 Å². The molecule has 7 heteroatoms. The maximum absolute atomic E-state index is 12.1. The highest BCUT2D eigenvalue weighted by Crippen LogP contribution is 2.32. The number of benzene rings is 1. The molecule has 1 atom stereocenters. The van der Waals surface area contributed by atoms with E-state index in [0.29, 0.717) is 5.88 Å². The standard InChI is InChI=1S/C14H13N3O2S2/c1-8-7-12(19-17-8)16-13(18)9(2)20-14-15-10-5-3-4-6-11(10)21-14/h3-7,9H,1-2H3,(H,16,18). The Balaban J connectivity index is 1.67. The number of nitrogens with zero attached hydrogens (tertiary/aromatic N) is 2. The highest BCUT2D eigenvalue weighted by molar-refractivity contribution is 8.02. The lowest BCUT2D eigenvalue weighted by atomic mass is 10.3. The Morgan fingerprint density at radius 2 is 2.24 bits per heavy atom. The van der Waals surface area contributed by atoms with Crippen molar-refractivity contribution < 1.29 is 9.32 Å². The first-order valence-electron chi connectivity index (χ1n) is 6.38. The van der Waals surface area contributed by atoms with Gasteiger partial charge in [-0.05, 0) is 26.0 Å². The molecular weight excluding hydrogens is 306 g/mol. The van der Waals surface area contributed by atoms with Gasteiger partial charge >= 0.3 is 0 Å². The summed E-state index contributed by atoms with van der Waals surface area (Å²) in [5.74, 6) is 0.240. The summed E-state index contributed by atoms with van der Waals surface area (Å²) in [7, 11) is 0. The molecule has 0 saturated heterocycles. The van der Waals surface area contributed by atoms with Crippen molar-refractivity contribution in [1.29, 1.82) is 0 Å². The minimum absolute atomic E-state index is 0.129. The average molecular weight is 319 g/mol. The van der Waals surface area contributed by atoms with Crippen LogP contribution < -0.4 is 5.32 Å². The van der Waals surface area contributed by atoms with Crippen molar-refractivity contribution in [2.75, 3.05) is 5.32 Å². The third-order valence-electron chi connectivity index (χ3n) is 2.80. The number of thiazole rings is 1. The van der Waals surface area contributed by atoms with Gasteiger partial charge in [0, 0.05) is 6.07 Å². The van der Waals surface area contributed by atoms with Crippen LogP contribution in [0.3, 0.4) is 0 Å². The molecule has 0 bridgehead atoms. The van der Waals surface area contributed by atoms with Crippen molar-refractivity contribution in [3.8, 4) is 0 Å². The molecule has 0 aliphatic carbocycles. The van der Waals surface area contributed by atoms with E-state index in [1.165, 1.54) is 11.8 Å². The number of aromatic nitrogens is 2. The average Bonchev–Trinajstić information content (AvgIpc) is 3.04. The van der Waals surface area contributed by atoms with E-state index >= 15 is 0 Å². The summed E-state index contributed by atoms with van der Waals surface area (Å²) in [4.78, 5) is 16.6. The summed E-state index contributed by atoms with van der Waals surface area (Å²) in [6, 6.07) is 9.63. The van der Waals surface area contributed by atoms with Gasteiger partial charge in [-0.2, -0.15) is 0 Å². The zero-order valence-electron chi connectivity index (χ0n) is 11.5. The number of nitrogens with one attached hydrogen (secondary N) is 1. The van der Waals surface area contributed by atoms with Crippen LogP contribution in [-0.2, 0) is 4.79 Å². The quantitative estimate of drug-likeness (QED) is 0.742. The van der Waals surface area contributed by atoms with Crippen LogP contribution >= 0.6 is 23.1 Å². The minimum atomic E-state index is -0.268. The smallest absolute Gasteiger partial charge is 0.240 e. The maximum Gasteiger partial charge on any atom is 0.240 e. The topological polar surface area (TPSA) is 68.0 Å². The molecule has 1 aromatic carbocycles. The number of aryl methyl sites for hydroxylation is 1. The monoisotopic (exact) mass is 319 g/mol. The second-order valence-electron chi connectivity index (χ2n) is 4.53. The number of anilines is 1. The van der Waals surface area contributed by atoms with Gasteiger partial charge in [-0.25, -0.2) is 4.98 Å². The van der Waals surface area contributed by atoms with Gasteiger partial charge in [-0.3, -0.25) is 10.1 Å². The van der Waals surface area contributed by atoms with Crippen LogP contribution in [0.25, 0.3) is 10.2 Å². The molecule has 0 fully saturated rings. The van der Waals surface area contributed by atoms with E-state index in [1.807, 2.05) is 31.2 Å². The van der Waals surface area contributed by atoms with Crippen molar-refractivity contribution in [3.63, 3.8) is 0 Å². The number of carbonyl (C=O) groups excluding carboxylic acids is 1. The third kappa shape index (κ3) is 3.25. The fraction of sp³-hybridized carbons (Fsp3) is 0.214. The number of thioether (sulfide) groups is 1. The number of hydrogen-bond donors (Lipinski definition) is 1. The van der Waals surface area contributed by atoms with Crippen molar-refractivity contribution in [2.24, 2.45) is 0 Å². The number of hydrogen-bond acceptors (Lipinski definition) is 6. The van der Waals surface area contributed by atoms with Crippen molar-refractivity contribution in [2.45, 2.75) is 23.4 Å². The molecule has 21 heavy (non-hydrogen) atoms. The fourth-order valence-electron chi connectivity index (χ4n) is 1.75. The van der Waals surface area contributed by atoms with Gasteiger partial charge in [0.15, 0.2) is 4.34 Å². The van der Waals surface area contributed by atoms with Crippen LogP contribution in [0.5, 0.6) is 0 Å². The largest absolute Gasteiger partial charge is 0.338 e. The van der Waals surface area contributed by atoms with Gasteiger partial charge in [0.1, 0.15) is 0 Å². The highest BCUT2D eigenvalue weighted by Gasteiger charge is 2.18. The van der Waals surface area contributed by atoms with E-state index in [-0.39, 0.29) is 11.2 Å². The minimum Gasteiger partial charge on any atom is -0.338 e. The first kappa shape index (κ1) is 14.1. The predicted molar refractivity (Wildman–Crippen MR) is 84.8 cm³/mol. The molecule has 2 aromatic heterocycles. The molecule has 0 spiro atoms. The summed E-state index contributed by atoms with van der Waals surface area (Å²) >= 11 is 3.03. The first-order valence-corrected chi connectivity index (χ1v) is 8.08. The van der Waals surface area contributed by atoms with Crippen LogP contribution in [0.2, 0.25) is 0 Å². The Labute approximate surface area is 129 Å². The maximum atomic E-state index is 12.1. The van der Waals surface area contributed by atoms with Crippen molar-refractivity contribution in [1.82, 2.24) is 10.1 Å². The second kappa shape index (κ2) is 5.87. The molecule has 1 N–H and O–H groups in total. The summed E-state index contributed by atoms with van der Waals surface area (Å²) in [5, 5.41) is 6.17. The summed E-state index contributed by atoms with van der Waals surface area (Å²) in [6.45, 7) is 3.65. The lowest BCUT2D eigenvalue weighted by Gasteiger charge is -2.07. The SMILES string of the molecule is Cc1cc(NC(=O)C(C)Sc2nc3ccccc3s2)on1. The third-order valence-corrected chi connectivity index (χ3v) is 5.03. The normalized spacial score (nSPS) is 12.5. The van der Waals surface area contributed by atoms with E-state index < -0.39 is 0 Å². The first-order chi connectivity index (χ1) is 10.1. The van der Waals surface area contributed by atoms with Gasteiger partial charge in [0.2, 0.25) is 11.8 Å². The Bertz CT molecular complexity index is 748. The molecule has 5 nitrogen and oxygen atoms in total. The lowest BCUT2D eigenvalue weighted by molar-refractivity contribution is -0.115. The molecule has 2 heterocycles. The van der Waals surface area contributed by atoms with Crippen LogP contribution in [0.15, 0.2) is 39.2 Å². The van der Waals surface area contributed by atoms with Gasteiger partial charge in [-0.15, -0.1) is 11.3 Å². The second-order valence-corrected chi connectivity index (χ2v) is 7.15. The molecule has 0 saturated carbocycles. The summed E-state index contributed by atoms with van der Waals surface area (Å²) < 4.78 is 6.98. The highest BCUT2D eigenvalue weighted by atomic mass is 32.2. The molecule has 0 radical (unpaired) electrons. The van der Waals surface area contributed by atoms with E-state index in [1.54, 1.807) is 24.3 Å². The lowest BCUT2D eigenvalue weighted by Crippen LogP contribution is -2.21. The molecule has 3 rings (SSSR count). The van der Waals surface area contributed by atoms with Gasteiger partial charge in [0.05, 0.1) is 21.2 Å². The van der Waals surface area contributed by atoms with Crippen LogP contribution in [0.4, 0.5) is 5.88 Å². The van der Waals surface area contributed by atoms with E-state index in [2.05, 4.69) is 15.5 Å². The molecule has 0 aliphatic rings. The Hall–Kier alpha value is -1.86. The molecular formula is C14H13N3O2S2. The Kier molecular flexibility index (Phi) is 3.94. The van der Waals surface area contributed by atoms with Crippen molar-refractivity contribution in [3.05, 3.63) is 36.0 Å². The van der Waals surface area contributed by atoms with Crippen molar-refractivity contribution >= 4 is 45.1 Å². The molecule has 0 aliphatic heterocycles. The van der Waals surface area contributed by atoms with Crippen LogP contribution in [0.1, 0.15) is 12.6 Å². The number of carbonyl (C=O) groups is 1. The zero-order valence-corrected chi connectivity index (χ0v) is 13.1. The van der Waals surface area contributed by atoms with E-state index in [4.69, 9.17) is 4.52 Å². The summed E-state index contributed by atoms with van der Waals surface area (Å²) in [5.41, 5.74) is 1.69. The number of fused-ring (bicyclic) bond motifs is 1. The van der Waals surface area contributed by atoms with Crippen LogP contribution in [-0.4, -0.2) is 21.3 Å². The fourth-order valence-corrected chi connectivity index (χ4v) is 3.96. The number of rotatable bonds is 4. The molecule has 3 aromatic rings. The van der Waals surface area contributed by atoms with E-state index in [9.17, 15) is 4.79 Å². The molecule has 108 valence electrons. The van der Waals surface area contributed by atoms with Gasteiger partial charge < -0.3 is 4.52 Å². The summed E-state index contributed by atoms with van der Waals surface area (Å²) in [6.07, 6.45) is 0. The number of para-hydroxylation sites is 1. The van der Waals surface area contributed by atoms with E-state index in [0.717, 1.165) is 20.3 Å². The predicted octanol–water partition coefficient (Wildman–Crippen LogP) is 3.71. The zero-order chi connectivity index (χ0) is 14.8.